The summed E-state index contributed by atoms with van der Waals surface area (Å²) in [6.07, 6.45) is -3.01. The summed E-state index contributed by atoms with van der Waals surface area (Å²) < 4.78 is 44.1. The van der Waals surface area contributed by atoms with E-state index in [0.717, 1.165) is 6.07 Å². The molecule has 0 aliphatic carbocycles. The van der Waals surface area contributed by atoms with Gasteiger partial charge in [0.25, 0.3) is 0 Å². The van der Waals surface area contributed by atoms with E-state index in [1.165, 1.54) is 18.4 Å². The molecule has 0 spiro atoms. The van der Waals surface area contributed by atoms with Gasteiger partial charge in [0.05, 0.1) is 17.9 Å². The molecule has 0 radical (unpaired) electrons. The number of benzene rings is 1. The fourth-order valence-electron chi connectivity index (χ4n) is 2.05. The van der Waals surface area contributed by atoms with Gasteiger partial charge in [0.2, 0.25) is 0 Å². The number of furan rings is 1. The molecule has 0 aliphatic rings. The van der Waals surface area contributed by atoms with Crippen LogP contribution in [0.3, 0.4) is 0 Å². The van der Waals surface area contributed by atoms with Gasteiger partial charge in [-0.2, -0.15) is 13.2 Å². The van der Waals surface area contributed by atoms with Crippen LogP contribution in [0.25, 0.3) is 0 Å². The predicted octanol–water partition coefficient (Wildman–Crippen LogP) is 3.16. The number of nitrogens with one attached hydrogen (secondary N) is 1. The molecule has 1 unspecified atom stereocenters. The third-order valence-corrected chi connectivity index (χ3v) is 2.95. The van der Waals surface area contributed by atoms with Crippen LogP contribution in [0.15, 0.2) is 41.0 Å². The van der Waals surface area contributed by atoms with Gasteiger partial charge < -0.3 is 4.42 Å². The van der Waals surface area contributed by atoms with E-state index in [2.05, 4.69) is 5.43 Å². The number of aryl methyl sites for hydroxylation is 1. The van der Waals surface area contributed by atoms with Crippen molar-refractivity contribution in [2.24, 2.45) is 5.84 Å². The smallest absolute Gasteiger partial charge is 0.416 e. The van der Waals surface area contributed by atoms with E-state index in [4.69, 9.17) is 10.3 Å². The van der Waals surface area contributed by atoms with Crippen molar-refractivity contribution in [1.29, 1.82) is 0 Å². The number of hydrogen-bond donors (Lipinski definition) is 2. The molecule has 0 saturated carbocycles. The molecule has 0 aliphatic heterocycles. The normalized spacial score (nSPS) is 13.5. The first-order valence-electron chi connectivity index (χ1n) is 5.61. The second-order valence-electron chi connectivity index (χ2n) is 4.12. The van der Waals surface area contributed by atoms with E-state index in [0.29, 0.717) is 11.3 Å². The molecule has 0 fully saturated rings. The van der Waals surface area contributed by atoms with E-state index in [9.17, 15) is 13.2 Å². The van der Waals surface area contributed by atoms with Crippen LogP contribution in [0.4, 0.5) is 13.2 Å². The molecular weight excluding hydrogens is 257 g/mol. The summed E-state index contributed by atoms with van der Waals surface area (Å²) in [6.45, 7) is 1.68. The highest BCUT2D eigenvalue weighted by Gasteiger charge is 2.35. The minimum absolute atomic E-state index is 0.0713. The Bertz CT molecular complexity index is 563. The van der Waals surface area contributed by atoms with E-state index in [1.807, 2.05) is 0 Å². The second kappa shape index (κ2) is 5.07. The van der Waals surface area contributed by atoms with Crippen molar-refractivity contribution < 1.29 is 17.6 Å². The highest BCUT2D eigenvalue weighted by molar-refractivity contribution is 5.39. The SMILES string of the molecule is Cc1occc1C(NN)c1ccccc1C(F)(F)F. The van der Waals surface area contributed by atoms with E-state index < -0.39 is 17.8 Å². The van der Waals surface area contributed by atoms with Crippen molar-refractivity contribution in [3.05, 3.63) is 59.0 Å². The molecule has 3 nitrogen and oxygen atoms in total. The molecule has 2 rings (SSSR count). The van der Waals surface area contributed by atoms with Crippen LogP contribution in [-0.4, -0.2) is 0 Å². The number of rotatable bonds is 3. The molecule has 1 heterocycles. The molecule has 1 aromatic carbocycles. The Morgan fingerprint density at radius 2 is 1.84 bits per heavy atom. The van der Waals surface area contributed by atoms with Gasteiger partial charge in [0.1, 0.15) is 5.76 Å². The summed E-state index contributed by atoms with van der Waals surface area (Å²) in [5.41, 5.74) is 2.36. The summed E-state index contributed by atoms with van der Waals surface area (Å²) in [5, 5.41) is 0. The molecule has 2 aromatic rings. The maximum absolute atomic E-state index is 13.0. The van der Waals surface area contributed by atoms with Crippen molar-refractivity contribution in [2.75, 3.05) is 0 Å². The fourth-order valence-corrected chi connectivity index (χ4v) is 2.05. The third kappa shape index (κ3) is 2.64. The van der Waals surface area contributed by atoms with Gasteiger partial charge in [-0.3, -0.25) is 5.84 Å². The Labute approximate surface area is 108 Å². The van der Waals surface area contributed by atoms with Crippen molar-refractivity contribution >= 4 is 0 Å². The number of alkyl halides is 3. The van der Waals surface area contributed by atoms with Gasteiger partial charge >= 0.3 is 6.18 Å². The Morgan fingerprint density at radius 1 is 1.16 bits per heavy atom. The minimum Gasteiger partial charge on any atom is -0.469 e. The van der Waals surface area contributed by atoms with Gasteiger partial charge in [-0.25, -0.2) is 5.43 Å². The number of hydrogen-bond acceptors (Lipinski definition) is 3. The predicted molar refractivity (Wildman–Crippen MR) is 64.1 cm³/mol. The zero-order valence-electron chi connectivity index (χ0n) is 10.2. The average molecular weight is 270 g/mol. The second-order valence-corrected chi connectivity index (χ2v) is 4.12. The fraction of sp³-hybridized carbons (Fsp3) is 0.231. The standard InChI is InChI=1S/C13H13F3N2O/c1-8-9(6-7-19-8)12(18-17)10-4-2-3-5-11(10)13(14,15)16/h2-7,12,18H,17H2,1H3. The molecule has 0 saturated heterocycles. The van der Waals surface area contributed by atoms with Crippen LogP contribution in [0, 0.1) is 6.92 Å². The molecule has 1 aromatic heterocycles. The van der Waals surface area contributed by atoms with Crippen molar-refractivity contribution in [3.8, 4) is 0 Å². The van der Waals surface area contributed by atoms with Crippen LogP contribution >= 0.6 is 0 Å². The van der Waals surface area contributed by atoms with Crippen molar-refractivity contribution in [2.45, 2.75) is 19.1 Å². The third-order valence-electron chi connectivity index (χ3n) is 2.95. The maximum Gasteiger partial charge on any atom is 0.416 e. The molecule has 3 N–H and O–H groups in total. The zero-order valence-corrected chi connectivity index (χ0v) is 10.2. The first-order valence-corrected chi connectivity index (χ1v) is 5.61. The highest BCUT2D eigenvalue weighted by Crippen LogP contribution is 2.36. The maximum atomic E-state index is 13.0. The van der Waals surface area contributed by atoms with Crippen molar-refractivity contribution in [3.63, 3.8) is 0 Å². The van der Waals surface area contributed by atoms with Gasteiger partial charge in [0, 0.05) is 5.56 Å². The Hall–Kier alpha value is -1.79. The lowest BCUT2D eigenvalue weighted by molar-refractivity contribution is -0.138. The summed E-state index contributed by atoms with van der Waals surface area (Å²) in [4.78, 5) is 0. The van der Waals surface area contributed by atoms with Crippen LogP contribution in [-0.2, 0) is 6.18 Å². The van der Waals surface area contributed by atoms with Gasteiger partial charge in [-0.1, -0.05) is 18.2 Å². The van der Waals surface area contributed by atoms with Gasteiger partial charge in [0.15, 0.2) is 0 Å². The molecular formula is C13H13F3N2O. The average Bonchev–Trinajstić information content (AvgIpc) is 2.76. The lowest BCUT2D eigenvalue weighted by Crippen LogP contribution is -2.30. The molecule has 19 heavy (non-hydrogen) atoms. The lowest BCUT2D eigenvalue weighted by atomic mass is 9.95. The number of nitrogens with two attached hydrogens (primary N) is 1. The first kappa shape index (κ1) is 13.6. The Balaban J connectivity index is 2.54. The topological polar surface area (TPSA) is 51.2 Å². The highest BCUT2D eigenvalue weighted by atomic mass is 19.4. The first-order chi connectivity index (χ1) is 8.95. The van der Waals surface area contributed by atoms with Crippen LogP contribution in [0.1, 0.15) is 28.5 Å². The molecule has 1 atom stereocenters. The van der Waals surface area contributed by atoms with Gasteiger partial charge in [-0.05, 0) is 24.6 Å². The summed E-state index contributed by atoms with van der Waals surface area (Å²) in [5.74, 6) is 5.95. The summed E-state index contributed by atoms with van der Waals surface area (Å²) in [7, 11) is 0. The Morgan fingerprint density at radius 3 is 2.37 bits per heavy atom. The van der Waals surface area contributed by atoms with E-state index in [-0.39, 0.29) is 5.56 Å². The molecule has 102 valence electrons. The summed E-state index contributed by atoms with van der Waals surface area (Å²) in [6, 6.07) is 6.17. The van der Waals surface area contributed by atoms with Crippen LogP contribution in [0.2, 0.25) is 0 Å². The van der Waals surface area contributed by atoms with Crippen LogP contribution < -0.4 is 11.3 Å². The molecule has 0 amide bonds. The number of hydrazine groups is 1. The number of halogens is 3. The monoisotopic (exact) mass is 270 g/mol. The summed E-state index contributed by atoms with van der Waals surface area (Å²) >= 11 is 0. The lowest BCUT2D eigenvalue weighted by Gasteiger charge is -2.20. The van der Waals surface area contributed by atoms with Crippen molar-refractivity contribution in [1.82, 2.24) is 5.43 Å². The van der Waals surface area contributed by atoms with E-state index >= 15 is 0 Å². The molecule has 6 heteroatoms. The van der Waals surface area contributed by atoms with Crippen LogP contribution in [0.5, 0.6) is 0 Å². The van der Waals surface area contributed by atoms with Gasteiger partial charge in [-0.15, -0.1) is 0 Å². The Kier molecular flexibility index (Phi) is 3.64. The molecule has 0 bridgehead atoms. The van der Waals surface area contributed by atoms with E-state index in [1.54, 1.807) is 19.1 Å². The zero-order chi connectivity index (χ0) is 14.0. The quantitative estimate of drug-likeness (QED) is 0.665. The largest absolute Gasteiger partial charge is 0.469 e. The minimum atomic E-state index is -4.43.